The van der Waals surface area contributed by atoms with Gasteiger partial charge >= 0.3 is 0 Å². The maximum Gasteiger partial charge on any atom is 0.0721 e. The molecule has 118 valence electrons. The summed E-state index contributed by atoms with van der Waals surface area (Å²) in [5, 5.41) is 11.4. The van der Waals surface area contributed by atoms with Crippen LogP contribution in [0.15, 0.2) is 12.1 Å². The molecule has 0 bridgehead atoms. The lowest BCUT2D eigenvalue weighted by Gasteiger charge is -2.47. The van der Waals surface area contributed by atoms with Gasteiger partial charge < -0.3 is 5.11 Å². The molecule has 1 aromatic carbocycles. The molecule has 2 atom stereocenters. The van der Waals surface area contributed by atoms with Gasteiger partial charge in [-0.05, 0) is 61.6 Å². The van der Waals surface area contributed by atoms with Crippen LogP contribution < -0.4 is 0 Å². The van der Waals surface area contributed by atoms with Crippen LogP contribution in [-0.2, 0) is 6.42 Å². The molecule has 2 rings (SSSR count). The maximum absolute atomic E-state index is 11.4. The summed E-state index contributed by atoms with van der Waals surface area (Å²) in [6.07, 6.45) is 5.33. The Bertz CT molecular complexity index is 486. The normalized spacial score (nSPS) is 26.9. The van der Waals surface area contributed by atoms with E-state index in [9.17, 15) is 5.11 Å². The van der Waals surface area contributed by atoms with Gasteiger partial charge in [0, 0.05) is 6.42 Å². The van der Waals surface area contributed by atoms with Gasteiger partial charge in [0.25, 0.3) is 0 Å². The number of benzene rings is 1. The first kappa shape index (κ1) is 16.5. The Morgan fingerprint density at radius 2 is 1.67 bits per heavy atom. The minimum atomic E-state index is -0.540. The van der Waals surface area contributed by atoms with Crippen LogP contribution in [0.4, 0.5) is 0 Å². The Labute approximate surface area is 130 Å². The third-order valence-corrected chi connectivity index (χ3v) is 5.37. The standard InChI is InChI=1S/C20H32O/c1-14-11-15(2)17(16(3)12-14)13-20(21)10-8-7-9-18(20)19(4,5)6/h11-12,18,21H,7-10,13H2,1-6H3. The zero-order valence-electron chi connectivity index (χ0n) is 14.7. The van der Waals surface area contributed by atoms with E-state index in [0.717, 1.165) is 25.7 Å². The van der Waals surface area contributed by atoms with Gasteiger partial charge in [0.1, 0.15) is 0 Å². The van der Waals surface area contributed by atoms with Crippen LogP contribution >= 0.6 is 0 Å². The van der Waals surface area contributed by atoms with E-state index in [-0.39, 0.29) is 5.41 Å². The van der Waals surface area contributed by atoms with Crippen molar-refractivity contribution in [2.75, 3.05) is 0 Å². The zero-order chi connectivity index (χ0) is 15.8. The Morgan fingerprint density at radius 3 is 2.19 bits per heavy atom. The lowest BCUT2D eigenvalue weighted by Crippen LogP contribution is -2.48. The molecular formula is C20H32O. The third-order valence-electron chi connectivity index (χ3n) is 5.37. The average molecular weight is 288 g/mol. The van der Waals surface area contributed by atoms with Crippen molar-refractivity contribution < 1.29 is 5.11 Å². The highest BCUT2D eigenvalue weighted by Gasteiger charge is 2.44. The van der Waals surface area contributed by atoms with Gasteiger partial charge in [-0.1, -0.05) is 51.3 Å². The first-order valence-electron chi connectivity index (χ1n) is 8.42. The minimum absolute atomic E-state index is 0.168. The van der Waals surface area contributed by atoms with E-state index in [2.05, 4.69) is 53.7 Å². The Balaban J connectivity index is 2.35. The van der Waals surface area contributed by atoms with E-state index in [0.29, 0.717) is 5.92 Å². The zero-order valence-corrected chi connectivity index (χ0v) is 14.7. The van der Waals surface area contributed by atoms with Crippen LogP contribution in [0.25, 0.3) is 0 Å². The predicted molar refractivity (Wildman–Crippen MR) is 90.7 cm³/mol. The van der Waals surface area contributed by atoms with Crippen molar-refractivity contribution in [1.29, 1.82) is 0 Å². The molecule has 1 aliphatic carbocycles. The van der Waals surface area contributed by atoms with Gasteiger partial charge in [-0.25, -0.2) is 0 Å². The Kier molecular flexibility index (Phi) is 4.54. The molecule has 0 aromatic heterocycles. The SMILES string of the molecule is Cc1cc(C)c(CC2(O)CCCCC2C(C)(C)C)c(C)c1. The van der Waals surface area contributed by atoms with E-state index < -0.39 is 5.60 Å². The van der Waals surface area contributed by atoms with Crippen LogP contribution in [0.1, 0.15) is 68.7 Å². The van der Waals surface area contributed by atoms with Crippen LogP contribution in [0.2, 0.25) is 0 Å². The van der Waals surface area contributed by atoms with E-state index in [1.54, 1.807) is 0 Å². The minimum Gasteiger partial charge on any atom is -0.389 e. The largest absolute Gasteiger partial charge is 0.389 e. The highest BCUT2D eigenvalue weighted by Crippen LogP contribution is 2.46. The second-order valence-electron chi connectivity index (χ2n) is 8.32. The van der Waals surface area contributed by atoms with Gasteiger partial charge in [0.2, 0.25) is 0 Å². The molecule has 1 N–H and O–H groups in total. The van der Waals surface area contributed by atoms with E-state index in [4.69, 9.17) is 0 Å². The van der Waals surface area contributed by atoms with Gasteiger partial charge in [-0.15, -0.1) is 0 Å². The third kappa shape index (κ3) is 3.51. The Morgan fingerprint density at radius 1 is 1.10 bits per heavy atom. The average Bonchev–Trinajstić information content (AvgIpc) is 2.33. The van der Waals surface area contributed by atoms with Crippen molar-refractivity contribution in [2.24, 2.45) is 11.3 Å². The molecule has 0 aliphatic heterocycles. The summed E-state index contributed by atoms with van der Waals surface area (Å²) < 4.78 is 0. The van der Waals surface area contributed by atoms with Gasteiger partial charge in [0.15, 0.2) is 0 Å². The number of rotatable bonds is 2. The lowest BCUT2D eigenvalue weighted by atomic mass is 9.62. The van der Waals surface area contributed by atoms with Crippen molar-refractivity contribution in [3.63, 3.8) is 0 Å². The summed E-state index contributed by atoms with van der Waals surface area (Å²) >= 11 is 0. The summed E-state index contributed by atoms with van der Waals surface area (Å²) in [5.74, 6) is 0.388. The molecule has 1 saturated carbocycles. The molecule has 0 spiro atoms. The fraction of sp³-hybridized carbons (Fsp3) is 0.700. The van der Waals surface area contributed by atoms with Crippen LogP contribution in [0, 0.1) is 32.1 Å². The molecule has 0 radical (unpaired) electrons. The van der Waals surface area contributed by atoms with Gasteiger partial charge in [-0.2, -0.15) is 0 Å². The quantitative estimate of drug-likeness (QED) is 0.800. The molecule has 1 nitrogen and oxygen atoms in total. The smallest absolute Gasteiger partial charge is 0.0721 e. The van der Waals surface area contributed by atoms with Crippen LogP contribution in [0.3, 0.4) is 0 Å². The molecule has 0 amide bonds. The first-order valence-corrected chi connectivity index (χ1v) is 8.42. The molecule has 0 heterocycles. The predicted octanol–water partition coefficient (Wildman–Crippen LogP) is 5.12. The van der Waals surface area contributed by atoms with E-state index in [1.165, 1.54) is 28.7 Å². The molecule has 1 aromatic rings. The number of aliphatic hydroxyl groups is 1. The first-order chi connectivity index (χ1) is 9.63. The molecule has 1 heteroatoms. The second-order valence-corrected chi connectivity index (χ2v) is 8.32. The monoisotopic (exact) mass is 288 g/mol. The summed E-state index contributed by atoms with van der Waals surface area (Å²) in [4.78, 5) is 0. The van der Waals surface area contributed by atoms with Crippen molar-refractivity contribution in [2.45, 2.75) is 79.2 Å². The number of hydrogen-bond donors (Lipinski definition) is 1. The molecule has 0 saturated heterocycles. The van der Waals surface area contributed by atoms with Crippen molar-refractivity contribution >= 4 is 0 Å². The molecule has 1 fully saturated rings. The van der Waals surface area contributed by atoms with Gasteiger partial charge in [0.05, 0.1) is 5.60 Å². The van der Waals surface area contributed by atoms with Crippen LogP contribution in [0.5, 0.6) is 0 Å². The fourth-order valence-corrected chi connectivity index (χ4v) is 4.47. The summed E-state index contributed by atoms with van der Waals surface area (Å²) in [6.45, 7) is 13.4. The molecule has 1 aliphatic rings. The lowest BCUT2D eigenvalue weighted by molar-refractivity contribution is -0.0890. The van der Waals surface area contributed by atoms with Crippen molar-refractivity contribution in [1.82, 2.24) is 0 Å². The summed E-state index contributed by atoms with van der Waals surface area (Å²) in [5.41, 5.74) is 4.97. The highest BCUT2D eigenvalue weighted by molar-refractivity contribution is 5.38. The topological polar surface area (TPSA) is 20.2 Å². The fourth-order valence-electron chi connectivity index (χ4n) is 4.47. The molecule has 21 heavy (non-hydrogen) atoms. The van der Waals surface area contributed by atoms with Crippen molar-refractivity contribution in [3.8, 4) is 0 Å². The van der Waals surface area contributed by atoms with Crippen molar-refractivity contribution in [3.05, 3.63) is 34.4 Å². The molecular weight excluding hydrogens is 256 g/mol. The summed E-state index contributed by atoms with van der Waals surface area (Å²) in [7, 11) is 0. The van der Waals surface area contributed by atoms with Gasteiger partial charge in [-0.3, -0.25) is 0 Å². The summed E-state index contributed by atoms with van der Waals surface area (Å²) in [6, 6.07) is 4.50. The second kappa shape index (κ2) is 5.76. The highest BCUT2D eigenvalue weighted by atomic mass is 16.3. The van der Waals surface area contributed by atoms with E-state index in [1.807, 2.05) is 0 Å². The van der Waals surface area contributed by atoms with E-state index >= 15 is 0 Å². The number of aryl methyl sites for hydroxylation is 3. The maximum atomic E-state index is 11.4. The Hall–Kier alpha value is -0.820. The van der Waals surface area contributed by atoms with Crippen LogP contribution in [-0.4, -0.2) is 10.7 Å². The number of hydrogen-bond acceptors (Lipinski definition) is 1. The molecule has 2 unspecified atom stereocenters.